The van der Waals surface area contributed by atoms with Crippen LogP contribution in [0, 0.1) is 5.92 Å². The number of carbonyl (C=O) groups excluding carboxylic acids is 1. The topological polar surface area (TPSA) is 113 Å². The largest absolute Gasteiger partial charge is 0.480 e. The van der Waals surface area contributed by atoms with E-state index < -0.39 is 40.7 Å². The number of amides is 1. The average Bonchev–Trinajstić information content (AvgIpc) is 2.50. The van der Waals surface area contributed by atoms with Gasteiger partial charge >= 0.3 is 12.1 Å². The molecule has 1 atom stereocenters. The minimum absolute atomic E-state index is 0.0708. The number of aliphatic carboxylic acids is 1. The summed E-state index contributed by atoms with van der Waals surface area (Å²) in [5.41, 5.74) is -0.162. The van der Waals surface area contributed by atoms with E-state index in [1.54, 1.807) is 19.2 Å². The minimum atomic E-state index is -4.56. The molecule has 0 spiro atoms. The van der Waals surface area contributed by atoms with Crippen LogP contribution in [0.5, 0.6) is 0 Å². The summed E-state index contributed by atoms with van der Waals surface area (Å²) in [7, 11) is -4.17. The molecule has 3 N–H and O–H groups in total. The molecule has 7 nitrogen and oxygen atoms in total. The van der Waals surface area contributed by atoms with Crippen LogP contribution in [0.15, 0.2) is 29.2 Å². The van der Waals surface area contributed by atoms with Gasteiger partial charge in [0, 0.05) is 5.56 Å². The van der Waals surface area contributed by atoms with Crippen molar-refractivity contribution in [2.24, 2.45) is 5.92 Å². The van der Waals surface area contributed by atoms with Gasteiger partial charge in [-0.1, -0.05) is 13.8 Å². The van der Waals surface area contributed by atoms with Gasteiger partial charge in [-0.15, -0.1) is 0 Å². The smallest absolute Gasteiger partial charge is 0.405 e. The molecule has 0 aliphatic heterocycles. The van der Waals surface area contributed by atoms with Crippen LogP contribution in [0.25, 0.3) is 0 Å². The standard InChI is InChI=1S/C15H19F3N2O5S/c1-9(2)7-12(14(22)23)20-26(24,25)11-5-3-10(4-6-11)13(21)19-8-15(16,17)18/h3-6,9,12,20H,7-8H2,1-2H3,(H,19,21)(H,22,23). The maximum absolute atomic E-state index is 12.2. The first-order valence-corrected chi connectivity index (χ1v) is 9.00. The van der Waals surface area contributed by atoms with Crippen LogP contribution in [-0.2, 0) is 14.8 Å². The maximum atomic E-state index is 12.2. The van der Waals surface area contributed by atoms with Gasteiger partial charge < -0.3 is 10.4 Å². The van der Waals surface area contributed by atoms with Gasteiger partial charge in [-0.2, -0.15) is 17.9 Å². The second-order valence-electron chi connectivity index (χ2n) is 5.96. The highest BCUT2D eigenvalue weighted by molar-refractivity contribution is 7.89. The molecule has 0 radical (unpaired) electrons. The summed E-state index contributed by atoms with van der Waals surface area (Å²) in [6, 6.07) is 2.78. The molecule has 146 valence electrons. The molecule has 0 saturated carbocycles. The summed E-state index contributed by atoms with van der Waals surface area (Å²) in [5.74, 6) is -2.41. The van der Waals surface area contributed by atoms with E-state index >= 15 is 0 Å². The number of alkyl halides is 3. The van der Waals surface area contributed by atoms with Gasteiger partial charge in [0.15, 0.2) is 0 Å². The molecule has 1 unspecified atom stereocenters. The zero-order chi connectivity index (χ0) is 20.1. The van der Waals surface area contributed by atoms with Crippen molar-refractivity contribution in [3.63, 3.8) is 0 Å². The number of hydrogen-bond acceptors (Lipinski definition) is 4. The van der Waals surface area contributed by atoms with Crippen molar-refractivity contribution >= 4 is 21.9 Å². The summed E-state index contributed by atoms with van der Waals surface area (Å²) in [4.78, 5) is 22.4. The average molecular weight is 396 g/mol. The molecular formula is C15H19F3N2O5S. The fraction of sp³-hybridized carbons (Fsp3) is 0.467. The van der Waals surface area contributed by atoms with Crippen molar-refractivity contribution < 1.29 is 36.3 Å². The zero-order valence-electron chi connectivity index (χ0n) is 14.0. The van der Waals surface area contributed by atoms with Crippen molar-refractivity contribution in [3.8, 4) is 0 Å². The number of sulfonamides is 1. The normalized spacial score (nSPS) is 13.5. The van der Waals surface area contributed by atoms with Gasteiger partial charge in [0.2, 0.25) is 10.0 Å². The maximum Gasteiger partial charge on any atom is 0.405 e. The fourth-order valence-electron chi connectivity index (χ4n) is 1.99. The van der Waals surface area contributed by atoms with Crippen LogP contribution in [0.3, 0.4) is 0 Å². The Hall–Kier alpha value is -2.14. The molecule has 11 heteroatoms. The highest BCUT2D eigenvalue weighted by Crippen LogP contribution is 2.15. The van der Waals surface area contributed by atoms with E-state index in [1.807, 2.05) is 0 Å². The fourth-order valence-corrected chi connectivity index (χ4v) is 3.20. The van der Waals surface area contributed by atoms with E-state index in [-0.39, 0.29) is 22.8 Å². The quantitative estimate of drug-likeness (QED) is 0.620. The van der Waals surface area contributed by atoms with E-state index in [4.69, 9.17) is 5.11 Å². The molecule has 0 aliphatic carbocycles. The van der Waals surface area contributed by atoms with Gasteiger partial charge in [-0.25, -0.2) is 8.42 Å². The molecule has 0 aliphatic rings. The SMILES string of the molecule is CC(C)CC(NS(=O)(=O)c1ccc(C(=O)NCC(F)(F)F)cc1)C(=O)O. The van der Waals surface area contributed by atoms with Gasteiger partial charge in [0.25, 0.3) is 5.91 Å². The molecule has 0 fully saturated rings. The van der Waals surface area contributed by atoms with Crippen LogP contribution in [-0.4, -0.2) is 44.2 Å². The highest BCUT2D eigenvalue weighted by Gasteiger charge is 2.28. The number of benzene rings is 1. The van der Waals surface area contributed by atoms with E-state index in [0.717, 1.165) is 24.3 Å². The first-order valence-electron chi connectivity index (χ1n) is 7.52. The number of nitrogens with one attached hydrogen (secondary N) is 2. The van der Waals surface area contributed by atoms with Gasteiger partial charge in [0.1, 0.15) is 12.6 Å². The monoisotopic (exact) mass is 396 g/mol. The number of carboxylic acid groups (broad SMARTS) is 1. The van der Waals surface area contributed by atoms with Crippen LogP contribution in [0.2, 0.25) is 0 Å². The Morgan fingerprint density at radius 1 is 1.15 bits per heavy atom. The lowest BCUT2D eigenvalue weighted by Crippen LogP contribution is -2.41. The summed E-state index contributed by atoms with van der Waals surface area (Å²) < 4.78 is 62.8. The Kier molecular flexibility index (Phi) is 7.16. The molecule has 0 saturated heterocycles. The highest BCUT2D eigenvalue weighted by atomic mass is 32.2. The molecule has 1 rings (SSSR count). The van der Waals surface area contributed by atoms with E-state index in [2.05, 4.69) is 4.72 Å². The third-order valence-electron chi connectivity index (χ3n) is 3.18. The third kappa shape index (κ3) is 7.00. The van der Waals surface area contributed by atoms with Crippen LogP contribution < -0.4 is 10.0 Å². The third-order valence-corrected chi connectivity index (χ3v) is 4.67. The van der Waals surface area contributed by atoms with Crippen molar-refractivity contribution in [2.75, 3.05) is 6.54 Å². The summed E-state index contributed by atoms with van der Waals surface area (Å²) in [6.45, 7) is 1.96. The Bertz CT molecular complexity index is 746. The Balaban J connectivity index is 2.88. The molecule has 0 bridgehead atoms. The second kappa shape index (κ2) is 8.49. The van der Waals surface area contributed by atoms with Crippen LogP contribution >= 0.6 is 0 Å². The molecule has 1 aromatic carbocycles. The van der Waals surface area contributed by atoms with Crippen LogP contribution in [0.4, 0.5) is 13.2 Å². The predicted molar refractivity (Wildman–Crippen MR) is 86.0 cm³/mol. The molecule has 26 heavy (non-hydrogen) atoms. The minimum Gasteiger partial charge on any atom is -0.480 e. The van der Waals surface area contributed by atoms with Crippen molar-refractivity contribution in [2.45, 2.75) is 37.4 Å². The lowest BCUT2D eigenvalue weighted by molar-refractivity contribution is -0.139. The van der Waals surface area contributed by atoms with Crippen molar-refractivity contribution in [1.82, 2.24) is 10.0 Å². The Labute approximate surface area is 148 Å². The molecular weight excluding hydrogens is 377 g/mol. The first kappa shape index (κ1) is 21.9. The first-order chi connectivity index (χ1) is 11.8. The molecule has 0 aromatic heterocycles. The Morgan fingerprint density at radius 2 is 1.69 bits per heavy atom. The molecule has 1 amide bonds. The zero-order valence-corrected chi connectivity index (χ0v) is 14.8. The summed E-state index contributed by atoms with van der Waals surface area (Å²) >= 11 is 0. The lowest BCUT2D eigenvalue weighted by atomic mass is 10.1. The van der Waals surface area contributed by atoms with Crippen molar-refractivity contribution in [3.05, 3.63) is 29.8 Å². The van der Waals surface area contributed by atoms with Crippen LogP contribution in [0.1, 0.15) is 30.6 Å². The molecule has 1 aromatic rings. The number of hydrogen-bond donors (Lipinski definition) is 3. The van der Waals surface area contributed by atoms with Gasteiger partial charge in [-0.05, 0) is 36.6 Å². The van der Waals surface area contributed by atoms with E-state index in [0.29, 0.717) is 0 Å². The Morgan fingerprint density at radius 3 is 2.12 bits per heavy atom. The molecule has 0 heterocycles. The predicted octanol–water partition coefficient (Wildman–Crippen LogP) is 1.76. The second-order valence-corrected chi connectivity index (χ2v) is 7.68. The number of carbonyl (C=O) groups is 2. The number of rotatable bonds is 8. The van der Waals surface area contributed by atoms with Gasteiger partial charge in [0.05, 0.1) is 4.90 Å². The summed E-state index contributed by atoms with van der Waals surface area (Å²) in [5, 5.41) is 10.8. The van der Waals surface area contributed by atoms with Crippen molar-refractivity contribution in [1.29, 1.82) is 0 Å². The number of carboxylic acids is 1. The summed E-state index contributed by atoms with van der Waals surface area (Å²) in [6.07, 6.45) is -4.49. The lowest BCUT2D eigenvalue weighted by Gasteiger charge is -2.16. The van der Waals surface area contributed by atoms with E-state index in [9.17, 15) is 31.2 Å². The number of halogens is 3. The van der Waals surface area contributed by atoms with Gasteiger partial charge in [-0.3, -0.25) is 9.59 Å². The van der Waals surface area contributed by atoms with E-state index in [1.165, 1.54) is 0 Å².